The van der Waals surface area contributed by atoms with Crippen molar-refractivity contribution in [3.8, 4) is 0 Å². The van der Waals surface area contributed by atoms with Crippen LogP contribution in [0.5, 0.6) is 0 Å². The molecular weight excluding hydrogens is 180 g/mol. The lowest BCUT2D eigenvalue weighted by Gasteiger charge is -2.21. The monoisotopic (exact) mass is 198 g/mol. The van der Waals surface area contributed by atoms with E-state index in [0.717, 1.165) is 0 Å². The van der Waals surface area contributed by atoms with Crippen LogP contribution in [0.3, 0.4) is 0 Å². The van der Waals surface area contributed by atoms with E-state index in [1.54, 1.807) is 6.08 Å². The first-order valence-corrected chi connectivity index (χ1v) is 4.44. The first kappa shape index (κ1) is 12.7. The fourth-order valence-corrected chi connectivity index (χ4v) is 0.746. The zero-order valence-electron chi connectivity index (χ0n) is 8.76. The van der Waals surface area contributed by atoms with Crippen molar-refractivity contribution in [2.45, 2.75) is 19.4 Å². The Labute approximate surface area is 84.7 Å². The summed E-state index contributed by atoms with van der Waals surface area (Å²) < 4.78 is 0. The molecule has 0 unspecified atom stereocenters. The molecule has 0 aliphatic heterocycles. The third-order valence-corrected chi connectivity index (χ3v) is 1.81. The molecule has 0 aromatic heterocycles. The van der Waals surface area contributed by atoms with Crippen molar-refractivity contribution < 1.29 is 9.90 Å². The van der Waals surface area contributed by atoms with Gasteiger partial charge in [0, 0.05) is 18.6 Å². The van der Waals surface area contributed by atoms with Gasteiger partial charge in [-0.15, -0.1) is 6.58 Å². The maximum Gasteiger partial charge on any atom is 0.351 e. The smallest absolute Gasteiger partial charge is 0.351 e. The van der Waals surface area contributed by atoms with Crippen molar-refractivity contribution in [1.29, 1.82) is 0 Å². The summed E-state index contributed by atoms with van der Waals surface area (Å²) in [6, 6.07) is 0. The molecule has 0 atom stereocenters. The van der Waals surface area contributed by atoms with Gasteiger partial charge in [-0.1, -0.05) is 12.7 Å². The van der Waals surface area contributed by atoms with E-state index in [2.05, 4.69) is 23.8 Å². The third kappa shape index (κ3) is 5.37. The molecule has 0 saturated heterocycles. The highest BCUT2D eigenvalue weighted by Gasteiger charge is 2.10. The minimum absolute atomic E-state index is 0.0169. The second kappa shape index (κ2) is 5.44. The molecule has 0 saturated carbocycles. The summed E-state index contributed by atoms with van der Waals surface area (Å²) in [6.45, 7) is 12.2. The van der Waals surface area contributed by atoms with Crippen LogP contribution in [-0.2, 0) is 4.79 Å². The van der Waals surface area contributed by atoms with Gasteiger partial charge in [0.1, 0.15) is 5.70 Å². The van der Waals surface area contributed by atoms with Crippen molar-refractivity contribution >= 4 is 5.97 Å². The quantitative estimate of drug-likeness (QED) is 0.320. The number of rotatable bonds is 7. The van der Waals surface area contributed by atoms with Gasteiger partial charge in [0.25, 0.3) is 0 Å². The predicted molar refractivity (Wildman–Crippen MR) is 57.1 cm³/mol. The van der Waals surface area contributed by atoms with Crippen LogP contribution in [0.1, 0.15) is 13.8 Å². The van der Waals surface area contributed by atoms with Gasteiger partial charge in [-0.05, 0) is 13.8 Å². The summed E-state index contributed by atoms with van der Waals surface area (Å²) >= 11 is 0. The third-order valence-electron chi connectivity index (χ3n) is 1.81. The molecule has 4 nitrogen and oxygen atoms in total. The summed E-state index contributed by atoms with van der Waals surface area (Å²) in [5, 5.41) is 14.4. The molecule has 0 heterocycles. The van der Waals surface area contributed by atoms with Crippen LogP contribution in [0.4, 0.5) is 0 Å². The minimum Gasteiger partial charge on any atom is -0.477 e. The second-order valence-corrected chi connectivity index (χ2v) is 3.56. The Kier molecular flexibility index (Phi) is 4.94. The maximum atomic E-state index is 10.3. The maximum absolute atomic E-state index is 10.3. The first-order chi connectivity index (χ1) is 6.39. The molecule has 0 aromatic carbocycles. The van der Waals surface area contributed by atoms with Crippen LogP contribution in [0.2, 0.25) is 0 Å². The van der Waals surface area contributed by atoms with Gasteiger partial charge in [0.05, 0.1) is 0 Å². The van der Waals surface area contributed by atoms with Gasteiger partial charge in [-0.25, -0.2) is 4.79 Å². The Morgan fingerprint density at radius 2 is 2.07 bits per heavy atom. The molecule has 0 rings (SSSR count). The predicted octanol–water partition coefficient (Wildman–Crippen LogP) is 0.728. The van der Waals surface area contributed by atoms with Gasteiger partial charge in [-0.3, -0.25) is 0 Å². The van der Waals surface area contributed by atoms with E-state index in [0.29, 0.717) is 13.1 Å². The summed E-state index contributed by atoms with van der Waals surface area (Å²) in [7, 11) is 0. The highest BCUT2D eigenvalue weighted by molar-refractivity contribution is 5.84. The van der Waals surface area contributed by atoms with Crippen LogP contribution in [0, 0.1) is 0 Å². The fraction of sp³-hybridized carbons (Fsp3) is 0.500. The number of aliphatic carboxylic acids is 1. The molecule has 3 N–H and O–H groups in total. The molecule has 0 aromatic rings. The summed E-state index contributed by atoms with van der Waals surface area (Å²) in [4.78, 5) is 10.3. The van der Waals surface area contributed by atoms with Crippen LogP contribution < -0.4 is 10.6 Å². The van der Waals surface area contributed by atoms with E-state index in [4.69, 9.17) is 5.11 Å². The zero-order valence-corrected chi connectivity index (χ0v) is 8.76. The van der Waals surface area contributed by atoms with Crippen molar-refractivity contribution in [2.24, 2.45) is 0 Å². The van der Waals surface area contributed by atoms with E-state index >= 15 is 0 Å². The zero-order chi connectivity index (χ0) is 11.2. The highest BCUT2D eigenvalue weighted by atomic mass is 16.4. The van der Waals surface area contributed by atoms with Gasteiger partial charge in [0.2, 0.25) is 0 Å². The Balaban J connectivity index is 3.62. The lowest BCUT2D eigenvalue weighted by Crippen LogP contribution is -2.41. The number of carboxylic acid groups (broad SMARTS) is 1. The number of hydrogen-bond donors (Lipinski definition) is 3. The Hall–Kier alpha value is -1.29. The van der Waals surface area contributed by atoms with Crippen LogP contribution >= 0.6 is 0 Å². The number of hydrogen-bond acceptors (Lipinski definition) is 3. The van der Waals surface area contributed by atoms with Crippen LogP contribution in [0.15, 0.2) is 24.9 Å². The molecule has 0 aliphatic carbocycles. The first-order valence-electron chi connectivity index (χ1n) is 4.44. The van der Waals surface area contributed by atoms with E-state index in [9.17, 15) is 4.79 Å². The second-order valence-electron chi connectivity index (χ2n) is 3.56. The molecule has 0 amide bonds. The average Bonchev–Trinajstić information content (AvgIpc) is 2.12. The summed E-state index contributed by atoms with van der Waals surface area (Å²) in [5.74, 6) is -1.02. The number of nitrogens with one attached hydrogen (secondary N) is 2. The van der Waals surface area contributed by atoms with Crippen molar-refractivity contribution in [2.75, 3.05) is 13.1 Å². The largest absolute Gasteiger partial charge is 0.477 e. The van der Waals surface area contributed by atoms with Gasteiger partial charge in [0.15, 0.2) is 0 Å². The molecule has 0 radical (unpaired) electrons. The van der Waals surface area contributed by atoms with Crippen LogP contribution in [-0.4, -0.2) is 29.7 Å². The van der Waals surface area contributed by atoms with E-state index in [1.807, 2.05) is 13.8 Å². The Morgan fingerprint density at radius 3 is 2.50 bits per heavy atom. The molecular formula is C10H18N2O2. The van der Waals surface area contributed by atoms with Crippen molar-refractivity contribution in [1.82, 2.24) is 10.6 Å². The lowest BCUT2D eigenvalue weighted by atomic mass is 10.1. The van der Waals surface area contributed by atoms with Gasteiger partial charge in [-0.2, -0.15) is 0 Å². The Morgan fingerprint density at radius 1 is 1.50 bits per heavy atom. The standard InChI is InChI=1S/C10H18N2O2/c1-5-10(3,4)12-7-6-11-8(2)9(13)14/h5,11-12H,1-2,6-7H2,3-4H3,(H,13,14). The van der Waals surface area contributed by atoms with E-state index < -0.39 is 5.97 Å². The summed E-state index contributed by atoms with van der Waals surface area (Å²) in [5.41, 5.74) is -0.116. The van der Waals surface area contributed by atoms with E-state index in [-0.39, 0.29) is 11.2 Å². The number of carbonyl (C=O) groups is 1. The highest BCUT2D eigenvalue weighted by Crippen LogP contribution is 2.00. The molecule has 0 aliphatic rings. The Bertz CT molecular complexity index is 234. The van der Waals surface area contributed by atoms with E-state index in [1.165, 1.54) is 0 Å². The molecule has 80 valence electrons. The van der Waals surface area contributed by atoms with Crippen molar-refractivity contribution in [3.05, 3.63) is 24.9 Å². The summed E-state index contributed by atoms with van der Waals surface area (Å²) in [6.07, 6.45) is 1.80. The fourth-order valence-electron chi connectivity index (χ4n) is 0.746. The molecule has 0 spiro atoms. The average molecular weight is 198 g/mol. The SMILES string of the molecule is C=CC(C)(C)NCCNC(=C)C(=O)O. The molecule has 4 heteroatoms. The topological polar surface area (TPSA) is 61.4 Å². The van der Waals surface area contributed by atoms with Gasteiger partial charge < -0.3 is 15.7 Å². The normalized spacial score (nSPS) is 10.7. The minimum atomic E-state index is -1.02. The van der Waals surface area contributed by atoms with Crippen LogP contribution in [0.25, 0.3) is 0 Å². The number of carboxylic acids is 1. The molecule has 0 bridgehead atoms. The molecule has 14 heavy (non-hydrogen) atoms. The van der Waals surface area contributed by atoms with Gasteiger partial charge >= 0.3 is 5.97 Å². The van der Waals surface area contributed by atoms with Crippen molar-refractivity contribution in [3.63, 3.8) is 0 Å². The molecule has 0 fully saturated rings. The lowest BCUT2D eigenvalue weighted by molar-refractivity contribution is -0.133.